The fraction of sp³-hybridized carbons (Fsp3) is 0.857. The third-order valence-corrected chi connectivity index (χ3v) is 1.21. The summed E-state index contributed by atoms with van der Waals surface area (Å²) < 4.78 is 0. The van der Waals surface area contributed by atoms with Crippen molar-refractivity contribution in [1.82, 2.24) is 0 Å². The summed E-state index contributed by atoms with van der Waals surface area (Å²) in [4.78, 5) is 10.0. The summed E-state index contributed by atoms with van der Waals surface area (Å²) in [6.07, 6.45) is 0.149. The highest BCUT2D eigenvalue weighted by Gasteiger charge is 2.14. The van der Waals surface area contributed by atoms with Gasteiger partial charge in [-0.3, -0.25) is 4.79 Å². The lowest BCUT2D eigenvalue weighted by molar-refractivity contribution is -0.665. The van der Waals surface area contributed by atoms with Gasteiger partial charge in [0.25, 0.3) is 0 Å². The van der Waals surface area contributed by atoms with Crippen LogP contribution in [0.4, 0.5) is 0 Å². The van der Waals surface area contributed by atoms with Crippen molar-refractivity contribution < 1.29 is 20.3 Å². The van der Waals surface area contributed by atoms with Crippen LogP contribution in [0, 0.1) is 0 Å². The number of carboxylic acids is 1. The van der Waals surface area contributed by atoms with Gasteiger partial charge in [0.1, 0.15) is 12.1 Å². The zero-order chi connectivity index (χ0) is 8.91. The summed E-state index contributed by atoms with van der Waals surface area (Å²) in [7, 11) is 0. The van der Waals surface area contributed by atoms with Gasteiger partial charge in [-0.25, -0.2) is 0 Å². The molecule has 0 atom stereocenters. The Labute approximate surface area is 66.2 Å². The normalized spacial score (nSPS) is 11.5. The van der Waals surface area contributed by atoms with Crippen molar-refractivity contribution in [1.29, 1.82) is 0 Å². The number of hydrogen-bond donors (Lipinski definition) is 3. The maximum absolute atomic E-state index is 10.0. The first-order valence-electron chi connectivity index (χ1n) is 3.67. The van der Waals surface area contributed by atoms with Crippen molar-refractivity contribution in [2.24, 2.45) is 0 Å². The average Bonchev–Trinajstić information content (AvgIpc) is 1.78. The van der Waals surface area contributed by atoms with Gasteiger partial charge in [-0.2, -0.15) is 0 Å². The smallest absolute Gasteiger partial charge is 0.309 e. The molecule has 0 spiro atoms. The van der Waals surface area contributed by atoms with Crippen LogP contribution in [-0.4, -0.2) is 34.9 Å². The summed E-state index contributed by atoms with van der Waals surface area (Å²) >= 11 is 0. The summed E-state index contributed by atoms with van der Waals surface area (Å²) in [6.45, 7) is 4.47. The third kappa shape index (κ3) is 9.39. The summed E-state index contributed by atoms with van der Waals surface area (Å²) in [5, 5.41) is 19.3. The predicted octanol–water partition coefficient (Wildman–Crippen LogP) is -1.20. The number of rotatable bonds is 5. The Morgan fingerprint density at radius 3 is 2.45 bits per heavy atom. The molecule has 0 unspecified atom stereocenters. The number of carboxylic acid groups (broad SMARTS) is 1. The fourth-order valence-corrected chi connectivity index (χ4v) is 0.681. The van der Waals surface area contributed by atoms with Crippen molar-refractivity contribution in [2.75, 3.05) is 13.1 Å². The molecule has 0 aliphatic rings. The highest BCUT2D eigenvalue weighted by atomic mass is 16.4. The molecule has 0 aliphatic carbocycles. The summed E-state index contributed by atoms with van der Waals surface area (Å²) in [5.74, 6) is -0.794. The largest absolute Gasteiger partial charge is 0.481 e. The summed E-state index contributed by atoms with van der Waals surface area (Å²) in [5.41, 5.74) is -0.710. The Morgan fingerprint density at radius 2 is 2.09 bits per heavy atom. The quantitative estimate of drug-likeness (QED) is 0.444. The van der Waals surface area contributed by atoms with Crippen LogP contribution >= 0.6 is 0 Å². The molecule has 0 bridgehead atoms. The van der Waals surface area contributed by atoms with E-state index in [1.165, 1.54) is 0 Å². The number of carbonyl (C=O) groups is 1. The zero-order valence-corrected chi connectivity index (χ0v) is 7.00. The van der Waals surface area contributed by atoms with Gasteiger partial charge in [0.15, 0.2) is 0 Å². The van der Waals surface area contributed by atoms with E-state index >= 15 is 0 Å². The second-order valence-corrected chi connectivity index (χ2v) is 3.24. The number of hydrogen-bond acceptors (Lipinski definition) is 2. The van der Waals surface area contributed by atoms with Crippen LogP contribution in [0.1, 0.15) is 20.3 Å². The minimum atomic E-state index is -0.794. The zero-order valence-electron chi connectivity index (χ0n) is 7.00. The van der Waals surface area contributed by atoms with Gasteiger partial charge >= 0.3 is 5.97 Å². The molecule has 66 valence electrons. The highest BCUT2D eigenvalue weighted by Crippen LogP contribution is 1.93. The molecular weight excluding hydrogens is 146 g/mol. The number of quaternary nitrogens is 1. The monoisotopic (exact) mass is 162 g/mol. The highest BCUT2D eigenvalue weighted by molar-refractivity contribution is 5.66. The lowest BCUT2D eigenvalue weighted by Gasteiger charge is -2.13. The van der Waals surface area contributed by atoms with Crippen LogP contribution in [0.2, 0.25) is 0 Å². The molecule has 0 aromatic heterocycles. The minimum absolute atomic E-state index is 0.149. The molecule has 4 N–H and O–H groups in total. The first-order valence-corrected chi connectivity index (χ1v) is 3.67. The van der Waals surface area contributed by atoms with E-state index in [0.717, 1.165) is 0 Å². The molecule has 0 saturated heterocycles. The maximum atomic E-state index is 10.0. The van der Waals surface area contributed by atoms with Gasteiger partial charge in [0, 0.05) is 0 Å². The molecule has 0 radical (unpaired) electrons. The molecule has 0 heterocycles. The van der Waals surface area contributed by atoms with Crippen LogP contribution in [0.5, 0.6) is 0 Å². The topological polar surface area (TPSA) is 74.1 Å². The van der Waals surface area contributed by atoms with Crippen molar-refractivity contribution in [3.05, 3.63) is 0 Å². The lowest BCUT2D eigenvalue weighted by Crippen LogP contribution is -2.88. The second kappa shape index (κ2) is 4.31. The Hall–Kier alpha value is -0.610. The molecule has 11 heavy (non-hydrogen) atoms. The van der Waals surface area contributed by atoms with Crippen molar-refractivity contribution in [3.8, 4) is 0 Å². The molecular formula is C7H16NO3+. The first-order chi connectivity index (χ1) is 4.92. The van der Waals surface area contributed by atoms with Crippen LogP contribution in [-0.2, 0) is 4.79 Å². The molecule has 0 rings (SSSR count). The number of aliphatic carboxylic acids is 1. The van der Waals surface area contributed by atoms with E-state index in [2.05, 4.69) is 0 Å². The second-order valence-electron chi connectivity index (χ2n) is 3.24. The Kier molecular flexibility index (Phi) is 4.07. The lowest BCUT2D eigenvalue weighted by atomic mass is 10.1. The molecule has 0 aromatic rings. The molecule has 0 aliphatic heterocycles. The predicted molar refractivity (Wildman–Crippen MR) is 40.2 cm³/mol. The Morgan fingerprint density at radius 1 is 1.55 bits per heavy atom. The molecule has 0 fully saturated rings. The third-order valence-electron chi connectivity index (χ3n) is 1.21. The van der Waals surface area contributed by atoms with Gasteiger partial charge in [-0.05, 0) is 13.8 Å². The van der Waals surface area contributed by atoms with Gasteiger partial charge in [-0.1, -0.05) is 0 Å². The molecule has 0 saturated carbocycles. The molecule has 4 heteroatoms. The SMILES string of the molecule is CC(C)(O)C[NH2+]CCC(=O)O. The van der Waals surface area contributed by atoms with Crippen LogP contribution in [0.25, 0.3) is 0 Å². The minimum Gasteiger partial charge on any atom is -0.481 e. The number of nitrogens with two attached hydrogens (primary N) is 1. The molecule has 4 nitrogen and oxygen atoms in total. The van der Waals surface area contributed by atoms with Gasteiger partial charge in [-0.15, -0.1) is 0 Å². The fourth-order valence-electron chi connectivity index (χ4n) is 0.681. The molecule has 0 amide bonds. The van der Waals surface area contributed by atoms with Crippen molar-refractivity contribution in [3.63, 3.8) is 0 Å². The number of aliphatic hydroxyl groups is 1. The van der Waals surface area contributed by atoms with Gasteiger partial charge in [0.05, 0.1) is 13.0 Å². The maximum Gasteiger partial charge on any atom is 0.309 e. The van der Waals surface area contributed by atoms with Crippen LogP contribution in [0.3, 0.4) is 0 Å². The van der Waals surface area contributed by atoms with Gasteiger partial charge < -0.3 is 15.5 Å². The van der Waals surface area contributed by atoms with E-state index in [-0.39, 0.29) is 6.42 Å². The van der Waals surface area contributed by atoms with E-state index in [9.17, 15) is 9.90 Å². The van der Waals surface area contributed by atoms with Gasteiger partial charge in [0.2, 0.25) is 0 Å². The van der Waals surface area contributed by atoms with E-state index < -0.39 is 11.6 Å². The standard InChI is InChI=1S/C7H15NO3/c1-7(2,11)5-8-4-3-6(9)10/h8,11H,3-5H2,1-2H3,(H,9,10)/p+1. The van der Waals surface area contributed by atoms with E-state index in [4.69, 9.17) is 5.11 Å². The Balaban J connectivity index is 3.22. The van der Waals surface area contributed by atoms with E-state index in [0.29, 0.717) is 13.1 Å². The van der Waals surface area contributed by atoms with Crippen LogP contribution in [0.15, 0.2) is 0 Å². The first kappa shape index (κ1) is 10.4. The van der Waals surface area contributed by atoms with Crippen molar-refractivity contribution >= 4 is 5.97 Å². The Bertz CT molecular complexity index is 128. The van der Waals surface area contributed by atoms with E-state index in [1.54, 1.807) is 19.2 Å². The van der Waals surface area contributed by atoms with Crippen molar-refractivity contribution in [2.45, 2.75) is 25.9 Å². The molecule has 0 aromatic carbocycles. The summed E-state index contributed by atoms with van der Waals surface area (Å²) in [6, 6.07) is 0. The van der Waals surface area contributed by atoms with Crippen LogP contribution < -0.4 is 5.32 Å². The van der Waals surface area contributed by atoms with E-state index in [1.807, 2.05) is 0 Å². The average molecular weight is 162 g/mol.